The summed E-state index contributed by atoms with van der Waals surface area (Å²) in [4.78, 5) is 19.5. The Morgan fingerprint density at radius 3 is 2.81 bits per heavy atom. The number of benzene rings is 1. The first kappa shape index (κ1) is 18.8. The molecule has 1 saturated heterocycles. The molecule has 0 saturated carbocycles. The van der Waals surface area contributed by atoms with E-state index >= 15 is 0 Å². The molecule has 0 bridgehead atoms. The Morgan fingerprint density at radius 2 is 2.12 bits per heavy atom. The number of thiazole rings is 1. The van der Waals surface area contributed by atoms with Crippen LogP contribution in [0.3, 0.4) is 0 Å². The molecule has 26 heavy (non-hydrogen) atoms. The van der Waals surface area contributed by atoms with Gasteiger partial charge in [0.1, 0.15) is 5.75 Å². The van der Waals surface area contributed by atoms with Crippen LogP contribution in [0.15, 0.2) is 23.6 Å². The normalized spacial score (nSPS) is 20.8. The van der Waals surface area contributed by atoms with E-state index in [1.807, 2.05) is 24.4 Å². The van der Waals surface area contributed by atoms with E-state index < -0.39 is 0 Å². The third-order valence-electron chi connectivity index (χ3n) is 4.25. The average Bonchev–Trinajstić information content (AvgIpc) is 3.00. The zero-order valence-corrected chi connectivity index (χ0v) is 16.4. The molecule has 1 amide bonds. The van der Waals surface area contributed by atoms with Gasteiger partial charge in [0, 0.05) is 25.0 Å². The van der Waals surface area contributed by atoms with Crippen molar-refractivity contribution in [1.82, 2.24) is 9.88 Å². The largest absolute Gasteiger partial charge is 0.496 e. The third kappa shape index (κ3) is 4.60. The Labute approximate surface area is 158 Å². The summed E-state index contributed by atoms with van der Waals surface area (Å²) in [5.41, 5.74) is 2.48. The summed E-state index contributed by atoms with van der Waals surface area (Å²) in [7, 11) is 1.56. The number of nitrogens with zero attached hydrogens (tertiary/aromatic N) is 2. The van der Waals surface area contributed by atoms with Crippen LogP contribution in [0.4, 0.5) is 5.13 Å². The smallest absolute Gasteiger partial charge is 0.261 e. The number of amides is 1. The second-order valence-electron chi connectivity index (χ2n) is 6.75. The fourth-order valence-corrected chi connectivity index (χ4v) is 3.94. The molecule has 7 heteroatoms. The number of anilines is 1. The molecule has 3 rings (SSSR count). The van der Waals surface area contributed by atoms with Crippen LogP contribution in [0.5, 0.6) is 5.75 Å². The van der Waals surface area contributed by atoms with Gasteiger partial charge in [-0.3, -0.25) is 15.0 Å². The first-order valence-electron chi connectivity index (χ1n) is 8.73. The van der Waals surface area contributed by atoms with Crippen molar-refractivity contribution in [2.24, 2.45) is 0 Å². The van der Waals surface area contributed by atoms with Crippen LogP contribution in [-0.4, -0.2) is 48.2 Å². The van der Waals surface area contributed by atoms with Gasteiger partial charge in [0.15, 0.2) is 5.13 Å². The first-order valence-corrected chi connectivity index (χ1v) is 9.60. The van der Waals surface area contributed by atoms with E-state index in [-0.39, 0.29) is 18.1 Å². The van der Waals surface area contributed by atoms with Crippen LogP contribution in [0.2, 0.25) is 0 Å². The van der Waals surface area contributed by atoms with Crippen molar-refractivity contribution in [2.45, 2.75) is 39.5 Å². The zero-order chi connectivity index (χ0) is 18.7. The van der Waals surface area contributed by atoms with E-state index in [1.165, 1.54) is 11.3 Å². The fraction of sp³-hybridized carbons (Fsp3) is 0.474. The van der Waals surface area contributed by atoms with Crippen molar-refractivity contribution in [3.63, 3.8) is 0 Å². The minimum absolute atomic E-state index is 0.208. The Hall–Kier alpha value is -1.96. The Kier molecular flexibility index (Phi) is 5.90. The number of aromatic nitrogens is 1. The van der Waals surface area contributed by atoms with Gasteiger partial charge in [-0.15, -0.1) is 11.3 Å². The molecule has 0 radical (unpaired) electrons. The summed E-state index contributed by atoms with van der Waals surface area (Å²) in [6.07, 6.45) is 0.454. The van der Waals surface area contributed by atoms with Crippen molar-refractivity contribution in [3.05, 3.63) is 40.4 Å². The molecule has 1 fully saturated rings. The van der Waals surface area contributed by atoms with E-state index in [0.29, 0.717) is 16.4 Å². The van der Waals surface area contributed by atoms with Crippen molar-refractivity contribution in [3.8, 4) is 5.75 Å². The van der Waals surface area contributed by atoms with Gasteiger partial charge in [-0.2, -0.15) is 0 Å². The number of carbonyl (C=O) groups excluding carboxylic acids is 1. The lowest BCUT2D eigenvalue weighted by Gasteiger charge is -2.34. The second-order valence-corrected chi connectivity index (χ2v) is 7.61. The van der Waals surface area contributed by atoms with Gasteiger partial charge in [-0.1, -0.05) is 11.6 Å². The summed E-state index contributed by atoms with van der Waals surface area (Å²) >= 11 is 1.44. The fourth-order valence-electron chi connectivity index (χ4n) is 3.24. The summed E-state index contributed by atoms with van der Waals surface area (Å²) in [5, 5.41) is 5.47. The number of ether oxygens (including phenoxy) is 2. The maximum absolute atomic E-state index is 12.6. The Bertz CT molecular complexity index is 767. The lowest BCUT2D eigenvalue weighted by atomic mass is 10.1. The molecule has 2 aromatic rings. The van der Waals surface area contributed by atoms with Gasteiger partial charge in [0.05, 0.1) is 30.6 Å². The summed E-state index contributed by atoms with van der Waals surface area (Å²) in [6, 6.07) is 5.54. The van der Waals surface area contributed by atoms with E-state index in [1.54, 1.807) is 13.2 Å². The van der Waals surface area contributed by atoms with Crippen LogP contribution in [-0.2, 0) is 11.3 Å². The second kappa shape index (κ2) is 8.16. The molecule has 6 nitrogen and oxygen atoms in total. The molecule has 0 spiro atoms. The van der Waals surface area contributed by atoms with E-state index in [0.717, 1.165) is 30.9 Å². The molecule has 0 aliphatic carbocycles. The van der Waals surface area contributed by atoms with Crippen LogP contribution in [0.25, 0.3) is 0 Å². The number of carbonyl (C=O) groups is 1. The quantitative estimate of drug-likeness (QED) is 0.869. The van der Waals surface area contributed by atoms with Crippen LogP contribution in [0, 0.1) is 6.92 Å². The standard InChI is InChI=1S/C19H25N3O3S/c1-12-5-6-17(24-4)16(7-12)18(23)21-19-20-15(11-26-19)10-22-8-13(2)25-14(3)9-22/h5-7,11,13-14H,8-10H2,1-4H3,(H,20,21,23). The van der Waals surface area contributed by atoms with E-state index in [9.17, 15) is 4.79 Å². The number of nitrogens with one attached hydrogen (secondary N) is 1. The summed E-state index contributed by atoms with van der Waals surface area (Å²) in [5.74, 6) is 0.348. The molecule has 1 aliphatic rings. The van der Waals surface area contributed by atoms with E-state index in [4.69, 9.17) is 9.47 Å². The minimum Gasteiger partial charge on any atom is -0.496 e. The molecule has 1 aliphatic heterocycles. The van der Waals surface area contributed by atoms with Crippen LogP contribution in [0.1, 0.15) is 35.5 Å². The van der Waals surface area contributed by atoms with Crippen molar-refractivity contribution >= 4 is 22.4 Å². The minimum atomic E-state index is -0.208. The zero-order valence-electron chi connectivity index (χ0n) is 15.6. The SMILES string of the molecule is COc1ccc(C)cc1C(=O)Nc1nc(CN2CC(C)OC(C)C2)cs1. The van der Waals surface area contributed by atoms with Gasteiger partial charge in [-0.05, 0) is 32.9 Å². The topological polar surface area (TPSA) is 63.7 Å². The van der Waals surface area contributed by atoms with Crippen molar-refractivity contribution in [2.75, 3.05) is 25.5 Å². The molecule has 2 atom stereocenters. The average molecular weight is 375 g/mol. The lowest BCUT2D eigenvalue weighted by Crippen LogP contribution is -2.44. The predicted octanol–water partition coefficient (Wildman–Crippen LogP) is 3.32. The molecule has 1 aromatic heterocycles. The highest BCUT2D eigenvalue weighted by Crippen LogP contribution is 2.23. The number of rotatable bonds is 5. The molecule has 1 N–H and O–H groups in total. The van der Waals surface area contributed by atoms with Gasteiger partial charge in [0.25, 0.3) is 5.91 Å². The number of methoxy groups -OCH3 is 1. The maximum Gasteiger partial charge on any atom is 0.261 e. The van der Waals surface area contributed by atoms with Gasteiger partial charge >= 0.3 is 0 Å². The molecule has 140 valence electrons. The predicted molar refractivity (Wildman–Crippen MR) is 103 cm³/mol. The molecular weight excluding hydrogens is 350 g/mol. The lowest BCUT2D eigenvalue weighted by molar-refractivity contribution is -0.0707. The Morgan fingerprint density at radius 1 is 1.38 bits per heavy atom. The van der Waals surface area contributed by atoms with Crippen LogP contribution >= 0.6 is 11.3 Å². The monoisotopic (exact) mass is 375 g/mol. The van der Waals surface area contributed by atoms with E-state index in [2.05, 4.69) is 29.0 Å². The summed E-state index contributed by atoms with van der Waals surface area (Å²) < 4.78 is 11.1. The number of hydrogen-bond acceptors (Lipinski definition) is 6. The van der Waals surface area contributed by atoms with Gasteiger partial charge in [0.2, 0.25) is 0 Å². The first-order chi connectivity index (χ1) is 12.4. The number of aryl methyl sites for hydroxylation is 1. The summed E-state index contributed by atoms with van der Waals surface area (Å²) in [6.45, 7) is 8.67. The highest BCUT2D eigenvalue weighted by molar-refractivity contribution is 7.14. The molecular formula is C19H25N3O3S. The highest BCUT2D eigenvalue weighted by Gasteiger charge is 2.23. The third-order valence-corrected chi connectivity index (χ3v) is 5.06. The molecule has 2 unspecified atom stereocenters. The van der Waals surface area contributed by atoms with Crippen molar-refractivity contribution < 1.29 is 14.3 Å². The number of hydrogen-bond donors (Lipinski definition) is 1. The van der Waals surface area contributed by atoms with Crippen LogP contribution < -0.4 is 10.1 Å². The molecule has 2 heterocycles. The van der Waals surface area contributed by atoms with Gasteiger partial charge in [-0.25, -0.2) is 4.98 Å². The maximum atomic E-state index is 12.6. The number of morpholine rings is 1. The van der Waals surface area contributed by atoms with Crippen molar-refractivity contribution in [1.29, 1.82) is 0 Å². The highest BCUT2D eigenvalue weighted by atomic mass is 32.1. The van der Waals surface area contributed by atoms with Gasteiger partial charge < -0.3 is 9.47 Å². The molecule has 1 aromatic carbocycles. The Balaban J connectivity index is 1.65.